The van der Waals surface area contributed by atoms with E-state index in [2.05, 4.69) is 12.0 Å². The summed E-state index contributed by atoms with van der Waals surface area (Å²) >= 11 is 0. The van der Waals surface area contributed by atoms with Gasteiger partial charge in [-0.2, -0.15) is 5.10 Å². The van der Waals surface area contributed by atoms with E-state index >= 15 is 0 Å². The highest BCUT2D eigenvalue weighted by Crippen LogP contribution is 2.22. The molecule has 0 aliphatic rings. The van der Waals surface area contributed by atoms with Crippen molar-refractivity contribution in [2.45, 2.75) is 53.1 Å². The Morgan fingerprint density at radius 2 is 1.95 bits per heavy atom. The first kappa shape index (κ1) is 16.2. The summed E-state index contributed by atoms with van der Waals surface area (Å²) < 4.78 is 24.8. The normalized spacial score (nSPS) is 13.7. The van der Waals surface area contributed by atoms with Crippen LogP contribution in [0.25, 0.3) is 0 Å². The molecule has 0 aromatic carbocycles. The van der Waals surface area contributed by atoms with Gasteiger partial charge in [-0.25, -0.2) is 8.42 Å². The number of sulfone groups is 1. The highest BCUT2D eigenvalue weighted by Gasteiger charge is 2.16. The maximum Gasteiger partial charge on any atom is 0.150 e. The Labute approximate surface area is 116 Å². The molecule has 0 fully saturated rings. The molecule has 0 radical (unpaired) electrons. The number of rotatable bonds is 7. The van der Waals surface area contributed by atoms with Crippen LogP contribution < -0.4 is 5.73 Å². The molecule has 6 heteroatoms. The lowest BCUT2D eigenvalue weighted by molar-refractivity contribution is 0.563. The van der Waals surface area contributed by atoms with E-state index in [1.165, 1.54) is 0 Å². The number of hydrogen-bond acceptors (Lipinski definition) is 4. The molecular formula is C13H25N3O2S. The topological polar surface area (TPSA) is 78.0 Å². The van der Waals surface area contributed by atoms with Gasteiger partial charge in [0.05, 0.1) is 11.4 Å². The largest absolute Gasteiger partial charge is 0.324 e. The minimum Gasteiger partial charge on any atom is -0.324 e. The summed E-state index contributed by atoms with van der Waals surface area (Å²) in [5, 5.41) is 4.47. The van der Waals surface area contributed by atoms with Gasteiger partial charge in [0, 0.05) is 29.6 Å². The first-order valence-corrected chi connectivity index (χ1v) is 8.64. The third kappa shape index (κ3) is 4.04. The lowest BCUT2D eigenvalue weighted by atomic mass is 10.0. The van der Waals surface area contributed by atoms with E-state index in [-0.39, 0.29) is 17.5 Å². The molecule has 1 unspecified atom stereocenters. The standard InChI is InChI=1S/C13H25N3O2S/c1-5-12(14)13-10(3)15-16(11(13)4)8-7-9-19(17,18)6-2/h12H,5-9,14H2,1-4H3. The van der Waals surface area contributed by atoms with Crippen LogP contribution in [0.3, 0.4) is 0 Å². The molecule has 2 N–H and O–H groups in total. The summed E-state index contributed by atoms with van der Waals surface area (Å²) in [7, 11) is -2.89. The van der Waals surface area contributed by atoms with Crippen molar-refractivity contribution in [1.82, 2.24) is 9.78 Å². The number of hydrogen-bond donors (Lipinski definition) is 1. The van der Waals surface area contributed by atoms with E-state index < -0.39 is 9.84 Å². The lowest BCUT2D eigenvalue weighted by Crippen LogP contribution is -2.13. The maximum absolute atomic E-state index is 11.5. The van der Waals surface area contributed by atoms with E-state index in [9.17, 15) is 8.42 Å². The predicted molar refractivity (Wildman–Crippen MR) is 77.9 cm³/mol. The fourth-order valence-electron chi connectivity index (χ4n) is 2.25. The Kier molecular flexibility index (Phi) is 5.55. The molecule has 19 heavy (non-hydrogen) atoms. The van der Waals surface area contributed by atoms with Crippen molar-refractivity contribution in [2.24, 2.45) is 5.73 Å². The number of aromatic nitrogens is 2. The molecule has 1 rings (SSSR count). The van der Waals surface area contributed by atoms with Gasteiger partial charge in [0.1, 0.15) is 9.84 Å². The highest BCUT2D eigenvalue weighted by atomic mass is 32.2. The number of nitrogens with two attached hydrogens (primary N) is 1. The average Bonchev–Trinajstić information content (AvgIpc) is 2.64. The van der Waals surface area contributed by atoms with E-state index in [1.807, 2.05) is 18.5 Å². The van der Waals surface area contributed by atoms with Crippen LogP contribution in [0.15, 0.2) is 0 Å². The monoisotopic (exact) mass is 287 g/mol. The van der Waals surface area contributed by atoms with Crippen LogP contribution in [0.5, 0.6) is 0 Å². The molecule has 0 saturated carbocycles. The van der Waals surface area contributed by atoms with Gasteiger partial charge in [0.15, 0.2) is 0 Å². The summed E-state index contributed by atoms with van der Waals surface area (Å²) in [4.78, 5) is 0. The van der Waals surface area contributed by atoms with Crippen LogP contribution in [0, 0.1) is 13.8 Å². The van der Waals surface area contributed by atoms with Gasteiger partial charge >= 0.3 is 0 Å². The van der Waals surface area contributed by atoms with Crippen LogP contribution >= 0.6 is 0 Å². The van der Waals surface area contributed by atoms with E-state index in [4.69, 9.17) is 5.73 Å². The Balaban J connectivity index is 2.76. The Hall–Kier alpha value is -0.880. The van der Waals surface area contributed by atoms with Crippen molar-refractivity contribution in [2.75, 3.05) is 11.5 Å². The minimum absolute atomic E-state index is 0.00752. The summed E-state index contributed by atoms with van der Waals surface area (Å²) in [6.45, 7) is 8.31. The zero-order valence-corrected chi connectivity index (χ0v) is 13.1. The van der Waals surface area contributed by atoms with Crippen molar-refractivity contribution in [3.8, 4) is 0 Å². The summed E-state index contributed by atoms with van der Waals surface area (Å²) in [5.41, 5.74) is 9.18. The summed E-state index contributed by atoms with van der Waals surface area (Å²) in [5.74, 6) is 0.424. The van der Waals surface area contributed by atoms with Gasteiger partial charge in [0.25, 0.3) is 0 Å². The molecular weight excluding hydrogens is 262 g/mol. The third-order valence-corrected chi connectivity index (χ3v) is 5.30. The zero-order valence-electron chi connectivity index (χ0n) is 12.3. The predicted octanol–water partition coefficient (Wildman–Crippen LogP) is 1.73. The molecule has 1 aromatic heterocycles. The Morgan fingerprint density at radius 3 is 2.47 bits per heavy atom. The van der Waals surface area contributed by atoms with Crippen molar-refractivity contribution in [3.63, 3.8) is 0 Å². The maximum atomic E-state index is 11.5. The van der Waals surface area contributed by atoms with Gasteiger partial charge in [0.2, 0.25) is 0 Å². The minimum atomic E-state index is -2.89. The van der Waals surface area contributed by atoms with Crippen LogP contribution in [-0.4, -0.2) is 29.7 Å². The molecule has 5 nitrogen and oxygen atoms in total. The van der Waals surface area contributed by atoms with Gasteiger partial charge in [-0.15, -0.1) is 0 Å². The van der Waals surface area contributed by atoms with Crippen LogP contribution in [0.4, 0.5) is 0 Å². The van der Waals surface area contributed by atoms with Crippen molar-refractivity contribution in [1.29, 1.82) is 0 Å². The number of nitrogens with zero attached hydrogens (tertiary/aromatic N) is 2. The second kappa shape index (κ2) is 6.52. The molecule has 0 saturated heterocycles. The van der Waals surface area contributed by atoms with E-state index in [1.54, 1.807) is 6.92 Å². The second-order valence-electron chi connectivity index (χ2n) is 4.91. The first-order chi connectivity index (χ1) is 8.82. The van der Waals surface area contributed by atoms with Crippen LogP contribution in [0.2, 0.25) is 0 Å². The van der Waals surface area contributed by atoms with Gasteiger partial charge in [-0.3, -0.25) is 4.68 Å². The van der Waals surface area contributed by atoms with Gasteiger partial charge in [-0.1, -0.05) is 13.8 Å². The molecule has 0 amide bonds. The number of aryl methyl sites for hydroxylation is 2. The van der Waals surface area contributed by atoms with Crippen molar-refractivity contribution < 1.29 is 8.42 Å². The Bertz CT molecular complexity index is 520. The second-order valence-corrected chi connectivity index (χ2v) is 7.39. The highest BCUT2D eigenvalue weighted by molar-refractivity contribution is 7.91. The molecule has 0 aliphatic carbocycles. The average molecular weight is 287 g/mol. The summed E-state index contributed by atoms with van der Waals surface area (Å²) in [6.07, 6.45) is 1.47. The van der Waals surface area contributed by atoms with E-state index in [0.29, 0.717) is 13.0 Å². The summed E-state index contributed by atoms with van der Waals surface area (Å²) in [6, 6.07) is 0.00752. The molecule has 110 valence electrons. The van der Waals surface area contributed by atoms with Crippen LogP contribution in [-0.2, 0) is 16.4 Å². The quantitative estimate of drug-likeness (QED) is 0.828. The molecule has 0 bridgehead atoms. The SMILES string of the molecule is CCC(N)c1c(C)nn(CCCS(=O)(=O)CC)c1C. The smallest absolute Gasteiger partial charge is 0.150 e. The molecule has 0 spiro atoms. The Morgan fingerprint density at radius 1 is 1.32 bits per heavy atom. The zero-order chi connectivity index (χ0) is 14.6. The first-order valence-electron chi connectivity index (χ1n) is 6.82. The molecule has 1 heterocycles. The van der Waals surface area contributed by atoms with Crippen molar-refractivity contribution >= 4 is 9.84 Å². The fraction of sp³-hybridized carbons (Fsp3) is 0.769. The molecule has 0 aliphatic heterocycles. The van der Waals surface area contributed by atoms with Gasteiger partial charge in [-0.05, 0) is 26.7 Å². The van der Waals surface area contributed by atoms with Crippen molar-refractivity contribution in [3.05, 3.63) is 17.0 Å². The van der Waals surface area contributed by atoms with Crippen LogP contribution in [0.1, 0.15) is 49.7 Å². The van der Waals surface area contributed by atoms with Gasteiger partial charge < -0.3 is 5.73 Å². The lowest BCUT2D eigenvalue weighted by Gasteiger charge is -2.10. The molecule has 1 atom stereocenters. The molecule has 1 aromatic rings. The fourth-order valence-corrected chi connectivity index (χ4v) is 3.11. The third-order valence-electron chi connectivity index (χ3n) is 3.51. The van der Waals surface area contributed by atoms with E-state index in [0.717, 1.165) is 23.4 Å².